The summed E-state index contributed by atoms with van der Waals surface area (Å²) in [6.07, 6.45) is 2.08. The average Bonchev–Trinajstić information content (AvgIpc) is 3.01. The topological polar surface area (TPSA) is 17.0 Å². The molecule has 3 aromatic carbocycles. The van der Waals surface area contributed by atoms with E-state index in [4.69, 9.17) is 4.42 Å². The lowest BCUT2D eigenvalue weighted by Crippen LogP contribution is -2.30. The van der Waals surface area contributed by atoms with Gasteiger partial charge in [0, 0.05) is 28.3 Å². The molecule has 0 fully saturated rings. The molecule has 0 bridgehead atoms. The molecule has 0 saturated carbocycles. The maximum absolute atomic E-state index is 6.47. The first-order chi connectivity index (χ1) is 12.2. The van der Waals surface area contributed by atoms with E-state index < -0.39 is 0 Å². The van der Waals surface area contributed by atoms with E-state index in [2.05, 4.69) is 85.4 Å². The van der Waals surface area contributed by atoms with Crippen LogP contribution in [0.4, 0.5) is 0 Å². The largest absolute Gasteiger partial charge is 0.454 e. The molecule has 0 saturated heterocycles. The number of aromatic nitrogens is 1. The molecule has 0 aliphatic rings. The molecule has 2 heterocycles. The molecule has 5 aromatic rings. The summed E-state index contributed by atoms with van der Waals surface area (Å²) in [6, 6.07) is 23.4. The number of fused-ring (bicyclic) bond motifs is 5. The normalized spacial score (nSPS) is 11.6. The molecule has 0 N–H and O–H groups in total. The van der Waals surface area contributed by atoms with Gasteiger partial charge in [0.05, 0.1) is 5.56 Å². The van der Waals surface area contributed by atoms with Gasteiger partial charge in [0.1, 0.15) is 18.2 Å². The predicted octanol–water partition coefficient (Wildman–Crippen LogP) is 5.54. The standard InChI is InChI=1S/C23H18NO/c1-15-10-12-19-18-13-11-16-7-3-4-8-17(16)22(18)25-23(19)21(15)20-9-5-6-14-24(20)2/h3-14H,1-2H3/q+1. The number of furan rings is 1. The Balaban J connectivity index is 1.98. The summed E-state index contributed by atoms with van der Waals surface area (Å²) in [4.78, 5) is 0. The molecule has 0 aliphatic heterocycles. The van der Waals surface area contributed by atoms with E-state index in [1.54, 1.807) is 0 Å². The van der Waals surface area contributed by atoms with Crippen LogP contribution in [0, 0.1) is 6.92 Å². The van der Waals surface area contributed by atoms with Crippen molar-refractivity contribution in [3.8, 4) is 11.3 Å². The molecule has 0 unspecified atom stereocenters. The molecular formula is C23H18NO+. The highest BCUT2D eigenvalue weighted by Crippen LogP contribution is 2.39. The van der Waals surface area contributed by atoms with Crippen molar-refractivity contribution in [2.75, 3.05) is 0 Å². The molecule has 0 radical (unpaired) electrons. The molecule has 2 aromatic heterocycles. The summed E-state index contributed by atoms with van der Waals surface area (Å²) in [7, 11) is 2.08. The fraction of sp³-hybridized carbons (Fsp3) is 0.0870. The number of benzene rings is 3. The van der Waals surface area contributed by atoms with Crippen LogP contribution in [0.15, 0.2) is 77.3 Å². The zero-order valence-corrected chi connectivity index (χ0v) is 14.3. The van der Waals surface area contributed by atoms with Crippen LogP contribution in [0.2, 0.25) is 0 Å². The Kier molecular flexibility index (Phi) is 2.95. The second kappa shape index (κ2) is 5.18. The van der Waals surface area contributed by atoms with Crippen molar-refractivity contribution in [1.82, 2.24) is 0 Å². The Labute approximate surface area is 145 Å². The predicted molar refractivity (Wildman–Crippen MR) is 103 cm³/mol. The van der Waals surface area contributed by atoms with Crippen molar-refractivity contribution >= 4 is 32.7 Å². The van der Waals surface area contributed by atoms with Crippen molar-refractivity contribution in [1.29, 1.82) is 0 Å². The van der Waals surface area contributed by atoms with Crippen LogP contribution < -0.4 is 4.57 Å². The van der Waals surface area contributed by atoms with Gasteiger partial charge in [-0.1, -0.05) is 42.5 Å². The molecule has 0 amide bonds. The van der Waals surface area contributed by atoms with Gasteiger partial charge < -0.3 is 4.42 Å². The highest BCUT2D eigenvalue weighted by molar-refractivity contribution is 6.17. The van der Waals surface area contributed by atoms with Gasteiger partial charge in [-0.3, -0.25) is 0 Å². The van der Waals surface area contributed by atoms with Crippen molar-refractivity contribution in [2.24, 2.45) is 7.05 Å². The van der Waals surface area contributed by atoms with E-state index in [0.717, 1.165) is 22.2 Å². The maximum atomic E-state index is 6.47. The van der Waals surface area contributed by atoms with Crippen LogP contribution in [-0.2, 0) is 7.05 Å². The lowest BCUT2D eigenvalue weighted by atomic mass is 10.00. The van der Waals surface area contributed by atoms with Crippen LogP contribution in [0.1, 0.15) is 5.56 Å². The molecule has 0 spiro atoms. The zero-order valence-electron chi connectivity index (χ0n) is 14.3. The fourth-order valence-corrected chi connectivity index (χ4v) is 3.77. The van der Waals surface area contributed by atoms with Gasteiger partial charge in [-0.15, -0.1) is 0 Å². The first kappa shape index (κ1) is 14.2. The minimum Gasteiger partial charge on any atom is -0.454 e. The zero-order chi connectivity index (χ0) is 17.0. The van der Waals surface area contributed by atoms with E-state index in [-0.39, 0.29) is 0 Å². The molecule has 2 heteroatoms. The van der Waals surface area contributed by atoms with Crippen molar-refractivity contribution in [2.45, 2.75) is 6.92 Å². The quantitative estimate of drug-likeness (QED) is 0.370. The fourth-order valence-electron chi connectivity index (χ4n) is 3.77. The third kappa shape index (κ3) is 2.01. The Morgan fingerprint density at radius 1 is 0.720 bits per heavy atom. The third-order valence-electron chi connectivity index (χ3n) is 5.05. The third-order valence-corrected chi connectivity index (χ3v) is 5.05. The Hall–Kier alpha value is -3.13. The Bertz CT molecular complexity index is 1260. The van der Waals surface area contributed by atoms with Crippen LogP contribution in [0.3, 0.4) is 0 Å². The van der Waals surface area contributed by atoms with E-state index >= 15 is 0 Å². The van der Waals surface area contributed by atoms with Crippen molar-refractivity contribution in [3.63, 3.8) is 0 Å². The highest BCUT2D eigenvalue weighted by atomic mass is 16.3. The number of nitrogens with zero attached hydrogens (tertiary/aromatic N) is 1. The first-order valence-electron chi connectivity index (χ1n) is 8.52. The van der Waals surface area contributed by atoms with Crippen molar-refractivity contribution < 1.29 is 8.98 Å². The van der Waals surface area contributed by atoms with Gasteiger partial charge in [0.15, 0.2) is 6.20 Å². The lowest BCUT2D eigenvalue weighted by Gasteiger charge is -2.04. The van der Waals surface area contributed by atoms with Gasteiger partial charge in [0.25, 0.3) is 0 Å². The van der Waals surface area contributed by atoms with Crippen LogP contribution in [0.25, 0.3) is 44.0 Å². The molecular weight excluding hydrogens is 306 g/mol. The summed E-state index contributed by atoms with van der Waals surface area (Å²) in [6.45, 7) is 2.15. The van der Waals surface area contributed by atoms with E-state index in [1.807, 2.05) is 6.07 Å². The molecule has 0 atom stereocenters. The minimum atomic E-state index is 0.966. The number of aryl methyl sites for hydroxylation is 2. The number of pyridine rings is 1. The van der Waals surface area contributed by atoms with Gasteiger partial charge in [-0.05, 0) is 30.0 Å². The molecule has 2 nitrogen and oxygen atoms in total. The van der Waals surface area contributed by atoms with Gasteiger partial charge >= 0.3 is 0 Å². The smallest absolute Gasteiger partial charge is 0.216 e. The molecule has 120 valence electrons. The molecule has 0 aliphatic carbocycles. The number of hydrogen-bond donors (Lipinski definition) is 0. The monoisotopic (exact) mass is 324 g/mol. The summed E-state index contributed by atoms with van der Waals surface area (Å²) in [5.74, 6) is 0. The SMILES string of the molecule is Cc1ccc2c(oc3c4ccccc4ccc23)c1-c1cccc[n+]1C. The van der Waals surface area contributed by atoms with Gasteiger partial charge in [-0.2, -0.15) is 0 Å². The Morgan fingerprint density at radius 2 is 1.48 bits per heavy atom. The maximum Gasteiger partial charge on any atom is 0.216 e. The van der Waals surface area contributed by atoms with Crippen LogP contribution in [-0.4, -0.2) is 0 Å². The van der Waals surface area contributed by atoms with Gasteiger partial charge in [-0.25, -0.2) is 4.57 Å². The summed E-state index contributed by atoms with van der Waals surface area (Å²) in [5, 5.41) is 4.72. The number of hydrogen-bond acceptors (Lipinski definition) is 1. The molecule has 5 rings (SSSR count). The summed E-state index contributed by atoms with van der Waals surface area (Å²) >= 11 is 0. The summed E-state index contributed by atoms with van der Waals surface area (Å²) in [5.41, 5.74) is 5.49. The molecule has 25 heavy (non-hydrogen) atoms. The van der Waals surface area contributed by atoms with Crippen LogP contribution in [0.5, 0.6) is 0 Å². The Morgan fingerprint density at radius 3 is 2.36 bits per heavy atom. The summed E-state index contributed by atoms with van der Waals surface area (Å²) < 4.78 is 8.62. The van der Waals surface area contributed by atoms with Gasteiger partial charge in [0.2, 0.25) is 5.69 Å². The minimum absolute atomic E-state index is 0.966. The average molecular weight is 324 g/mol. The van der Waals surface area contributed by atoms with E-state index in [9.17, 15) is 0 Å². The highest BCUT2D eigenvalue weighted by Gasteiger charge is 2.20. The van der Waals surface area contributed by atoms with Crippen molar-refractivity contribution in [3.05, 3.63) is 78.5 Å². The first-order valence-corrected chi connectivity index (χ1v) is 8.52. The van der Waals surface area contributed by atoms with Crippen LogP contribution >= 0.6 is 0 Å². The number of rotatable bonds is 1. The second-order valence-corrected chi connectivity index (χ2v) is 6.60. The van der Waals surface area contributed by atoms with E-state index in [0.29, 0.717) is 0 Å². The van der Waals surface area contributed by atoms with E-state index in [1.165, 1.54) is 27.3 Å². The second-order valence-electron chi connectivity index (χ2n) is 6.60. The lowest BCUT2D eigenvalue weighted by molar-refractivity contribution is -0.660.